The second-order valence-electron chi connectivity index (χ2n) is 5.65. The molecule has 0 bridgehead atoms. The lowest BCUT2D eigenvalue weighted by Crippen LogP contribution is -2.35. The molecule has 122 valence electrons. The summed E-state index contributed by atoms with van der Waals surface area (Å²) in [6.07, 6.45) is 4.79. The first-order valence-corrected chi connectivity index (χ1v) is 9.34. The highest BCUT2D eigenvalue weighted by atomic mass is 32.2. The minimum Gasteiger partial charge on any atom is -0.349 e. The van der Waals surface area contributed by atoms with Crippen molar-refractivity contribution >= 4 is 33.0 Å². The molecule has 0 saturated carbocycles. The van der Waals surface area contributed by atoms with Gasteiger partial charge in [0.1, 0.15) is 0 Å². The van der Waals surface area contributed by atoms with Crippen molar-refractivity contribution in [1.29, 1.82) is 0 Å². The molecule has 1 aliphatic heterocycles. The highest BCUT2D eigenvalue weighted by Crippen LogP contribution is 2.19. The normalized spacial score (nSPS) is 16.4. The summed E-state index contributed by atoms with van der Waals surface area (Å²) in [5, 5.41) is 3.83. The Hall–Kier alpha value is -1.18. The summed E-state index contributed by atoms with van der Waals surface area (Å²) in [5.41, 5.74) is 0.706. The first-order chi connectivity index (χ1) is 10.4. The van der Waals surface area contributed by atoms with Crippen molar-refractivity contribution in [2.75, 3.05) is 32.5 Å². The van der Waals surface area contributed by atoms with Gasteiger partial charge in [0.25, 0.3) is 0 Å². The van der Waals surface area contributed by atoms with Crippen molar-refractivity contribution in [2.45, 2.75) is 30.6 Å². The number of sulfonamides is 1. The summed E-state index contributed by atoms with van der Waals surface area (Å²) in [5.74, 6) is 0. The molecule has 0 radical (unpaired) electrons. The third-order valence-corrected chi connectivity index (χ3v) is 5.93. The SMILES string of the molecule is CN(C)S(=O)(=O)c1cccc(NC(=S)N2CCCCCC2)c1. The van der Waals surface area contributed by atoms with Gasteiger partial charge in [-0.15, -0.1) is 0 Å². The zero-order valence-electron chi connectivity index (χ0n) is 13.1. The Kier molecular flexibility index (Phi) is 5.77. The van der Waals surface area contributed by atoms with Gasteiger partial charge in [-0.25, -0.2) is 12.7 Å². The number of anilines is 1. The van der Waals surface area contributed by atoms with E-state index in [0.717, 1.165) is 25.9 Å². The fraction of sp³-hybridized carbons (Fsp3) is 0.533. The number of rotatable bonds is 3. The quantitative estimate of drug-likeness (QED) is 0.856. The number of nitrogens with one attached hydrogen (secondary N) is 1. The van der Waals surface area contributed by atoms with Crippen LogP contribution in [0.3, 0.4) is 0 Å². The first-order valence-electron chi connectivity index (χ1n) is 7.50. The Morgan fingerprint density at radius 2 is 1.82 bits per heavy atom. The Balaban J connectivity index is 2.11. The van der Waals surface area contributed by atoms with Crippen LogP contribution in [0.25, 0.3) is 0 Å². The molecular formula is C15H23N3O2S2. The molecule has 0 aromatic heterocycles. The highest BCUT2D eigenvalue weighted by molar-refractivity contribution is 7.89. The number of nitrogens with zero attached hydrogens (tertiary/aromatic N) is 2. The number of hydrogen-bond donors (Lipinski definition) is 1. The molecule has 0 amide bonds. The number of hydrogen-bond acceptors (Lipinski definition) is 3. The Labute approximate surface area is 138 Å². The van der Waals surface area contributed by atoms with Crippen molar-refractivity contribution in [1.82, 2.24) is 9.21 Å². The van der Waals surface area contributed by atoms with Gasteiger partial charge < -0.3 is 10.2 Å². The second-order valence-corrected chi connectivity index (χ2v) is 8.19. The maximum absolute atomic E-state index is 12.2. The van der Waals surface area contributed by atoms with E-state index in [9.17, 15) is 8.42 Å². The summed E-state index contributed by atoms with van der Waals surface area (Å²) >= 11 is 5.46. The molecule has 1 aromatic rings. The van der Waals surface area contributed by atoms with Crippen LogP contribution < -0.4 is 5.32 Å². The molecule has 1 N–H and O–H groups in total. The fourth-order valence-corrected chi connectivity index (χ4v) is 3.67. The predicted octanol–water partition coefficient (Wildman–Crippen LogP) is 2.51. The number of thiocarbonyl (C=S) groups is 1. The minimum absolute atomic E-state index is 0.265. The zero-order chi connectivity index (χ0) is 16.2. The predicted molar refractivity (Wildman–Crippen MR) is 93.6 cm³/mol. The van der Waals surface area contributed by atoms with E-state index in [-0.39, 0.29) is 4.90 Å². The van der Waals surface area contributed by atoms with Crippen molar-refractivity contribution in [3.8, 4) is 0 Å². The summed E-state index contributed by atoms with van der Waals surface area (Å²) in [6.45, 7) is 1.92. The topological polar surface area (TPSA) is 52.7 Å². The van der Waals surface area contributed by atoms with E-state index in [0.29, 0.717) is 10.8 Å². The van der Waals surface area contributed by atoms with E-state index >= 15 is 0 Å². The van der Waals surface area contributed by atoms with Gasteiger partial charge in [0.05, 0.1) is 4.90 Å². The maximum Gasteiger partial charge on any atom is 0.242 e. The Bertz CT molecular complexity index is 621. The molecule has 1 aromatic carbocycles. The van der Waals surface area contributed by atoms with Crippen LogP contribution in [-0.2, 0) is 10.0 Å². The molecular weight excluding hydrogens is 318 g/mol. The van der Waals surface area contributed by atoms with Gasteiger partial charge in [-0.3, -0.25) is 0 Å². The van der Waals surface area contributed by atoms with E-state index < -0.39 is 10.0 Å². The molecule has 1 saturated heterocycles. The lowest BCUT2D eigenvalue weighted by atomic mass is 10.2. The minimum atomic E-state index is -3.43. The first kappa shape index (κ1) is 17.2. The van der Waals surface area contributed by atoms with Crippen LogP contribution in [0.2, 0.25) is 0 Å². The Morgan fingerprint density at radius 1 is 1.18 bits per heavy atom. The van der Waals surface area contributed by atoms with E-state index in [1.165, 1.54) is 31.2 Å². The smallest absolute Gasteiger partial charge is 0.242 e. The second kappa shape index (κ2) is 7.39. The van der Waals surface area contributed by atoms with E-state index in [4.69, 9.17) is 12.2 Å². The summed E-state index contributed by atoms with van der Waals surface area (Å²) < 4.78 is 25.6. The van der Waals surface area contributed by atoms with Gasteiger partial charge in [0, 0.05) is 32.9 Å². The van der Waals surface area contributed by atoms with E-state index in [1.807, 2.05) is 6.07 Å². The van der Waals surface area contributed by atoms with Gasteiger partial charge >= 0.3 is 0 Å². The molecule has 0 atom stereocenters. The van der Waals surface area contributed by atoms with E-state index in [2.05, 4.69) is 10.2 Å². The molecule has 0 aliphatic carbocycles. The van der Waals surface area contributed by atoms with Crippen LogP contribution in [0.5, 0.6) is 0 Å². The summed E-state index contributed by atoms with van der Waals surface area (Å²) in [6, 6.07) is 6.78. The van der Waals surface area contributed by atoms with Crippen molar-refractivity contribution in [3.05, 3.63) is 24.3 Å². The van der Waals surface area contributed by atoms with Gasteiger partial charge in [0.15, 0.2) is 5.11 Å². The molecule has 7 heteroatoms. The fourth-order valence-electron chi connectivity index (χ4n) is 2.42. The van der Waals surface area contributed by atoms with Crippen LogP contribution in [0.4, 0.5) is 5.69 Å². The van der Waals surface area contributed by atoms with Gasteiger partial charge in [-0.05, 0) is 43.3 Å². The molecule has 0 unspecified atom stereocenters. The zero-order valence-corrected chi connectivity index (χ0v) is 14.7. The van der Waals surface area contributed by atoms with Gasteiger partial charge in [-0.2, -0.15) is 0 Å². The number of benzene rings is 1. The lowest BCUT2D eigenvalue weighted by molar-refractivity contribution is 0.441. The summed E-state index contributed by atoms with van der Waals surface area (Å²) in [7, 11) is -0.379. The van der Waals surface area contributed by atoms with Gasteiger partial charge in [-0.1, -0.05) is 18.9 Å². The van der Waals surface area contributed by atoms with E-state index in [1.54, 1.807) is 18.2 Å². The average molecular weight is 342 g/mol. The third-order valence-electron chi connectivity index (χ3n) is 3.76. The number of likely N-dealkylation sites (tertiary alicyclic amines) is 1. The molecule has 0 spiro atoms. The standard InChI is InChI=1S/C15H23N3O2S2/c1-17(2)22(19,20)14-9-7-8-13(12-14)16-15(21)18-10-5-3-4-6-11-18/h7-9,12H,3-6,10-11H2,1-2H3,(H,16,21). The van der Waals surface area contributed by atoms with Gasteiger partial charge in [0.2, 0.25) is 10.0 Å². The molecule has 1 fully saturated rings. The molecule has 2 rings (SSSR count). The lowest BCUT2D eigenvalue weighted by Gasteiger charge is -2.24. The average Bonchev–Trinajstić information content (AvgIpc) is 2.76. The van der Waals surface area contributed by atoms with Crippen molar-refractivity contribution in [3.63, 3.8) is 0 Å². The molecule has 1 aliphatic rings. The third kappa shape index (κ3) is 4.18. The van der Waals surface area contributed by atoms with Crippen LogP contribution in [-0.4, -0.2) is 49.9 Å². The Morgan fingerprint density at radius 3 is 2.41 bits per heavy atom. The van der Waals surface area contributed by atoms with Crippen LogP contribution in [0.1, 0.15) is 25.7 Å². The highest BCUT2D eigenvalue weighted by Gasteiger charge is 2.18. The monoisotopic (exact) mass is 341 g/mol. The van der Waals surface area contributed by atoms with Crippen LogP contribution >= 0.6 is 12.2 Å². The van der Waals surface area contributed by atoms with Crippen LogP contribution in [0, 0.1) is 0 Å². The molecule has 22 heavy (non-hydrogen) atoms. The molecule has 5 nitrogen and oxygen atoms in total. The van der Waals surface area contributed by atoms with Crippen molar-refractivity contribution in [2.24, 2.45) is 0 Å². The van der Waals surface area contributed by atoms with Crippen LogP contribution in [0.15, 0.2) is 29.2 Å². The largest absolute Gasteiger partial charge is 0.349 e. The molecule has 1 heterocycles. The summed E-state index contributed by atoms with van der Waals surface area (Å²) in [4.78, 5) is 2.43. The van der Waals surface area contributed by atoms with Crippen molar-refractivity contribution < 1.29 is 8.42 Å². The maximum atomic E-state index is 12.2.